The van der Waals surface area contributed by atoms with Crippen LogP contribution in [0, 0.1) is 11.8 Å². The summed E-state index contributed by atoms with van der Waals surface area (Å²) in [7, 11) is 0. The third-order valence-electron chi connectivity index (χ3n) is 5.98. The molecule has 0 saturated carbocycles. The minimum atomic E-state index is -1.08. The van der Waals surface area contributed by atoms with Crippen LogP contribution in [0.2, 0.25) is 0 Å². The highest BCUT2D eigenvalue weighted by Gasteiger charge is 2.60. The van der Waals surface area contributed by atoms with Crippen molar-refractivity contribution in [3.8, 4) is 0 Å². The van der Waals surface area contributed by atoms with Crippen molar-refractivity contribution in [1.29, 1.82) is 0 Å². The lowest BCUT2D eigenvalue weighted by molar-refractivity contribution is -0.163. The predicted octanol–water partition coefficient (Wildman–Crippen LogP) is 0.934. The van der Waals surface area contributed by atoms with E-state index in [0.717, 1.165) is 35.0 Å². The van der Waals surface area contributed by atoms with E-state index in [9.17, 15) is 19.8 Å². The van der Waals surface area contributed by atoms with E-state index in [1.165, 1.54) is 4.90 Å². The van der Waals surface area contributed by atoms with Crippen LogP contribution in [0.1, 0.15) is 37.0 Å². The third-order valence-corrected chi connectivity index (χ3v) is 8.42. The fourth-order valence-electron chi connectivity index (χ4n) is 4.60. The van der Waals surface area contributed by atoms with Gasteiger partial charge in [0.2, 0.25) is 5.91 Å². The van der Waals surface area contributed by atoms with Crippen molar-refractivity contribution in [2.45, 2.75) is 50.1 Å². The summed E-state index contributed by atoms with van der Waals surface area (Å²) in [6.07, 6.45) is 0.839. The zero-order valence-electron chi connectivity index (χ0n) is 16.4. The van der Waals surface area contributed by atoms with Gasteiger partial charge < -0.3 is 26.2 Å². The number of nitrogens with one attached hydrogen (secondary N) is 1. The molecule has 5 N–H and O–H groups in total. The SMILES string of the molecule is CC1C(S[C@@H]2CN[C@H](c3csc(CCN)n3)C2)=C(C(=O)O)N2C(=O)[C@H]([C@@H](C)O)[C@@H]12. The minimum Gasteiger partial charge on any atom is -0.477 e. The summed E-state index contributed by atoms with van der Waals surface area (Å²) in [6.45, 7) is 4.88. The number of aliphatic hydroxyl groups is 1. The summed E-state index contributed by atoms with van der Waals surface area (Å²) in [5.74, 6) is -1.99. The fourth-order valence-corrected chi connectivity index (χ4v) is 6.95. The molecule has 6 atom stereocenters. The largest absolute Gasteiger partial charge is 0.477 e. The van der Waals surface area contributed by atoms with Crippen LogP contribution in [0.15, 0.2) is 16.0 Å². The van der Waals surface area contributed by atoms with Crippen molar-refractivity contribution >= 4 is 35.0 Å². The number of thioether (sulfide) groups is 1. The van der Waals surface area contributed by atoms with Crippen molar-refractivity contribution in [3.63, 3.8) is 0 Å². The molecule has 158 valence electrons. The van der Waals surface area contributed by atoms with E-state index in [1.807, 2.05) is 6.92 Å². The Labute approximate surface area is 177 Å². The van der Waals surface area contributed by atoms with Crippen LogP contribution in [0.4, 0.5) is 0 Å². The number of aromatic nitrogens is 1. The predicted molar refractivity (Wildman–Crippen MR) is 111 cm³/mol. The molecule has 0 aromatic carbocycles. The lowest BCUT2D eigenvalue weighted by Gasteiger charge is -2.46. The van der Waals surface area contributed by atoms with Crippen LogP contribution in [0.5, 0.6) is 0 Å². The van der Waals surface area contributed by atoms with Crippen LogP contribution < -0.4 is 11.1 Å². The number of hydrogen-bond donors (Lipinski definition) is 4. The highest BCUT2D eigenvalue weighted by atomic mass is 32.2. The summed E-state index contributed by atoms with van der Waals surface area (Å²) in [6, 6.07) is -0.122. The number of nitrogens with two attached hydrogens (primary N) is 1. The molecule has 29 heavy (non-hydrogen) atoms. The number of aliphatic hydroxyl groups excluding tert-OH is 1. The van der Waals surface area contributed by atoms with E-state index < -0.39 is 18.0 Å². The summed E-state index contributed by atoms with van der Waals surface area (Å²) in [5, 5.41) is 26.5. The maximum atomic E-state index is 12.5. The number of amides is 1. The molecule has 1 amide bonds. The molecule has 0 bridgehead atoms. The van der Waals surface area contributed by atoms with E-state index >= 15 is 0 Å². The zero-order valence-corrected chi connectivity index (χ0v) is 18.0. The van der Waals surface area contributed by atoms with Crippen molar-refractivity contribution in [3.05, 3.63) is 26.7 Å². The molecule has 3 aliphatic heterocycles. The van der Waals surface area contributed by atoms with E-state index in [0.29, 0.717) is 6.54 Å². The van der Waals surface area contributed by atoms with Crippen LogP contribution in [0.25, 0.3) is 0 Å². The molecule has 1 aromatic rings. The molecule has 1 unspecified atom stereocenters. The number of nitrogens with zero attached hydrogens (tertiary/aromatic N) is 2. The summed E-state index contributed by atoms with van der Waals surface area (Å²) in [5.41, 5.74) is 6.71. The van der Waals surface area contributed by atoms with E-state index in [2.05, 4.69) is 15.7 Å². The van der Waals surface area contributed by atoms with Gasteiger partial charge in [-0.15, -0.1) is 23.1 Å². The van der Waals surface area contributed by atoms with Gasteiger partial charge in [-0.2, -0.15) is 0 Å². The molecule has 0 aliphatic carbocycles. The van der Waals surface area contributed by atoms with Gasteiger partial charge in [0.15, 0.2) is 0 Å². The first-order valence-electron chi connectivity index (χ1n) is 9.86. The van der Waals surface area contributed by atoms with Crippen molar-refractivity contribution in [2.24, 2.45) is 17.6 Å². The first-order valence-corrected chi connectivity index (χ1v) is 11.6. The topological polar surface area (TPSA) is 129 Å². The van der Waals surface area contributed by atoms with Crippen LogP contribution in [-0.4, -0.2) is 62.5 Å². The molecule has 8 nitrogen and oxygen atoms in total. The Morgan fingerprint density at radius 1 is 1.55 bits per heavy atom. The van der Waals surface area contributed by atoms with Gasteiger partial charge in [-0.3, -0.25) is 4.79 Å². The second kappa shape index (κ2) is 7.99. The normalized spacial score (nSPS) is 32.5. The number of β-lactam (4-membered cyclic amide) rings is 1. The van der Waals surface area contributed by atoms with Crippen molar-refractivity contribution in [2.75, 3.05) is 13.1 Å². The number of carboxylic acids is 1. The summed E-state index contributed by atoms with van der Waals surface area (Å²) >= 11 is 3.17. The van der Waals surface area contributed by atoms with Gasteiger partial charge in [0.25, 0.3) is 0 Å². The van der Waals surface area contributed by atoms with Crippen molar-refractivity contribution in [1.82, 2.24) is 15.2 Å². The molecular formula is C19H26N4O4S2. The zero-order chi connectivity index (χ0) is 20.9. The molecule has 4 rings (SSSR count). The molecule has 3 aliphatic rings. The molecule has 4 heterocycles. The maximum Gasteiger partial charge on any atom is 0.353 e. The average Bonchev–Trinajstić information content (AvgIpc) is 3.34. The number of carbonyl (C=O) groups excluding carboxylic acids is 1. The Kier molecular flexibility index (Phi) is 5.73. The number of carboxylic acid groups (broad SMARTS) is 1. The van der Waals surface area contributed by atoms with E-state index in [-0.39, 0.29) is 34.9 Å². The van der Waals surface area contributed by atoms with Gasteiger partial charge >= 0.3 is 5.97 Å². The summed E-state index contributed by atoms with van der Waals surface area (Å²) < 4.78 is 0. The molecule has 2 fully saturated rings. The minimum absolute atomic E-state index is 0.0942. The first-order chi connectivity index (χ1) is 13.8. The average molecular weight is 439 g/mol. The number of aliphatic carboxylic acids is 1. The number of hydrogen-bond acceptors (Lipinski definition) is 8. The van der Waals surface area contributed by atoms with Crippen LogP contribution >= 0.6 is 23.1 Å². The molecule has 10 heteroatoms. The van der Waals surface area contributed by atoms with E-state index in [1.54, 1.807) is 30.0 Å². The lowest BCUT2D eigenvalue weighted by Crippen LogP contribution is -2.63. The second-order valence-electron chi connectivity index (χ2n) is 7.91. The number of rotatable bonds is 7. The monoisotopic (exact) mass is 438 g/mol. The molecular weight excluding hydrogens is 412 g/mol. The van der Waals surface area contributed by atoms with Crippen LogP contribution in [0.3, 0.4) is 0 Å². The third kappa shape index (κ3) is 3.50. The van der Waals surface area contributed by atoms with Gasteiger partial charge in [-0.25, -0.2) is 9.78 Å². The Hall–Kier alpha value is -1.46. The standard InChI is InChI=1S/C19H26N4O4S2/c1-8-15-14(9(2)24)18(25)23(15)16(19(26)27)17(8)29-10-5-11(21-6-10)12-7-28-13(22-12)3-4-20/h7-11,14-15,21,24H,3-6,20H2,1-2H3,(H,26,27)/t8?,9-,10+,11+,14-,15-/m1/s1. The highest BCUT2D eigenvalue weighted by Crippen LogP contribution is 2.52. The fraction of sp³-hybridized carbons (Fsp3) is 0.632. The second-order valence-corrected chi connectivity index (χ2v) is 10.2. The number of fused-ring (bicyclic) bond motifs is 1. The van der Waals surface area contributed by atoms with Gasteiger partial charge in [0.1, 0.15) is 5.70 Å². The Morgan fingerprint density at radius 3 is 2.97 bits per heavy atom. The quantitative estimate of drug-likeness (QED) is 0.463. The van der Waals surface area contributed by atoms with Gasteiger partial charge in [-0.05, 0) is 19.9 Å². The smallest absolute Gasteiger partial charge is 0.353 e. The Morgan fingerprint density at radius 2 is 2.31 bits per heavy atom. The first kappa shape index (κ1) is 20.8. The molecule has 1 aromatic heterocycles. The van der Waals surface area contributed by atoms with Crippen LogP contribution in [-0.2, 0) is 16.0 Å². The molecule has 0 radical (unpaired) electrons. The molecule has 2 saturated heterocycles. The van der Waals surface area contributed by atoms with Gasteiger partial charge in [-0.1, -0.05) is 6.92 Å². The lowest BCUT2D eigenvalue weighted by atomic mass is 9.79. The summed E-state index contributed by atoms with van der Waals surface area (Å²) in [4.78, 5) is 31.2. The maximum absolute atomic E-state index is 12.5. The van der Waals surface area contributed by atoms with Gasteiger partial charge in [0.05, 0.1) is 34.8 Å². The number of carbonyl (C=O) groups is 2. The number of thiazole rings is 1. The van der Waals surface area contributed by atoms with E-state index in [4.69, 9.17) is 5.73 Å². The highest BCUT2D eigenvalue weighted by molar-refractivity contribution is 8.03. The van der Waals surface area contributed by atoms with Crippen molar-refractivity contribution < 1.29 is 19.8 Å². The molecule has 0 spiro atoms. The Balaban J connectivity index is 1.48. The van der Waals surface area contributed by atoms with Gasteiger partial charge in [0, 0.05) is 34.4 Å². The Bertz CT molecular complexity index is 855.